The molecule has 1 aromatic carbocycles. The number of amides is 1. The van der Waals surface area contributed by atoms with Gasteiger partial charge in [-0.05, 0) is 24.3 Å². The van der Waals surface area contributed by atoms with E-state index in [2.05, 4.69) is 5.32 Å². The molecule has 18 heavy (non-hydrogen) atoms. The second-order valence-electron chi connectivity index (χ2n) is 3.57. The number of carbonyl (C=O) groups is 1. The zero-order valence-corrected chi connectivity index (χ0v) is 10.4. The second-order valence-corrected chi connectivity index (χ2v) is 5.31. The number of hydrogen-bond acceptors (Lipinski definition) is 5. The van der Waals surface area contributed by atoms with Crippen LogP contribution in [-0.4, -0.2) is 33.2 Å². The average molecular weight is 273 g/mol. The Balaban J connectivity index is 2.27. The molecule has 0 saturated heterocycles. The van der Waals surface area contributed by atoms with Crippen LogP contribution in [0.4, 0.5) is 5.69 Å². The molecule has 0 radical (unpaired) electrons. The van der Waals surface area contributed by atoms with Crippen molar-refractivity contribution >= 4 is 21.6 Å². The molecule has 1 aromatic rings. The standard InChI is InChI=1S/C10H15N3O4S/c11-8-1-3-9(4-2-8)17-7-10(14)13-5-6-18(12,15)16/h1-4H,5-7,11H2,(H,13,14)(H2,12,15,16). The number of nitrogens with one attached hydrogen (secondary N) is 1. The Morgan fingerprint density at radius 2 is 1.89 bits per heavy atom. The topological polar surface area (TPSA) is 125 Å². The lowest BCUT2D eigenvalue weighted by Gasteiger charge is -2.07. The van der Waals surface area contributed by atoms with Gasteiger partial charge in [0.25, 0.3) is 5.91 Å². The van der Waals surface area contributed by atoms with Gasteiger partial charge in [0, 0.05) is 12.2 Å². The maximum absolute atomic E-state index is 11.3. The molecule has 100 valence electrons. The molecule has 0 aliphatic rings. The fourth-order valence-electron chi connectivity index (χ4n) is 1.10. The lowest BCUT2D eigenvalue weighted by atomic mass is 10.3. The first kappa shape index (κ1) is 14.3. The third-order valence-corrected chi connectivity index (χ3v) is 2.73. The number of sulfonamides is 1. The van der Waals surface area contributed by atoms with E-state index in [0.29, 0.717) is 11.4 Å². The normalized spacial score (nSPS) is 10.9. The van der Waals surface area contributed by atoms with Crippen molar-refractivity contribution in [3.63, 3.8) is 0 Å². The zero-order valence-electron chi connectivity index (χ0n) is 9.63. The number of primary sulfonamides is 1. The van der Waals surface area contributed by atoms with Gasteiger partial charge in [-0.25, -0.2) is 13.6 Å². The zero-order chi connectivity index (χ0) is 13.6. The van der Waals surface area contributed by atoms with E-state index in [1.165, 1.54) is 0 Å². The van der Waals surface area contributed by atoms with Gasteiger partial charge in [-0.1, -0.05) is 0 Å². The maximum atomic E-state index is 11.3. The monoisotopic (exact) mass is 273 g/mol. The van der Waals surface area contributed by atoms with Gasteiger partial charge in [-0.3, -0.25) is 4.79 Å². The van der Waals surface area contributed by atoms with Crippen LogP contribution in [0.2, 0.25) is 0 Å². The largest absolute Gasteiger partial charge is 0.484 e. The quantitative estimate of drug-likeness (QED) is 0.576. The minimum Gasteiger partial charge on any atom is -0.484 e. The van der Waals surface area contributed by atoms with Crippen molar-refractivity contribution in [2.45, 2.75) is 0 Å². The van der Waals surface area contributed by atoms with Crippen LogP contribution in [0.25, 0.3) is 0 Å². The Hall–Kier alpha value is -1.80. The van der Waals surface area contributed by atoms with Crippen LogP contribution in [0.1, 0.15) is 0 Å². The van der Waals surface area contributed by atoms with Crippen LogP contribution >= 0.6 is 0 Å². The Morgan fingerprint density at radius 3 is 2.44 bits per heavy atom. The molecular formula is C10H15N3O4S. The number of nitrogens with two attached hydrogens (primary N) is 2. The van der Waals surface area contributed by atoms with Crippen LogP contribution in [0.5, 0.6) is 5.75 Å². The number of rotatable bonds is 6. The third-order valence-electron chi connectivity index (χ3n) is 1.96. The van der Waals surface area contributed by atoms with Crippen LogP contribution in [0, 0.1) is 0 Å². The highest BCUT2D eigenvalue weighted by Gasteiger charge is 2.05. The molecule has 5 N–H and O–H groups in total. The van der Waals surface area contributed by atoms with Crippen LogP contribution < -0.4 is 20.9 Å². The molecule has 0 aliphatic heterocycles. The molecule has 7 nitrogen and oxygen atoms in total. The molecule has 0 atom stereocenters. The predicted octanol–water partition coefficient (Wildman–Crippen LogP) is -0.948. The summed E-state index contributed by atoms with van der Waals surface area (Å²) in [5.41, 5.74) is 6.08. The molecule has 8 heteroatoms. The molecule has 0 unspecified atom stereocenters. The van der Waals surface area contributed by atoms with E-state index in [9.17, 15) is 13.2 Å². The number of anilines is 1. The number of hydrogen-bond donors (Lipinski definition) is 3. The smallest absolute Gasteiger partial charge is 0.257 e. The summed E-state index contributed by atoms with van der Waals surface area (Å²) in [6.07, 6.45) is 0. The highest BCUT2D eigenvalue weighted by molar-refractivity contribution is 7.89. The number of carbonyl (C=O) groups excluding carboxylic acids is 1. The van der Waals surface area contributed by atoms with Crippen molar-refractivity contribution in [3.8, 4) is 5.75 Å². The van der Waals surface area contributed by atoms with Crippen molar-refractivity contribution < 1.29 is 17.9 Å². The summed E-state index contributed by atoms with van der Waals surface area (Å²) < 4.78 is 26.4. The van der Waals surface area contributed by atoms with Gasteiger partial charge in [0.2, 0.25) is 10.0 Å². The molecule has 0 aromatic heterocycles. The molecule has 0 heterocycles. The van der Waals surface area contributed by atoms with E-state index >= 15 is 0 Å². The lowest BCUT2D eigenvalue weighted by molar-refractivity contribution is -0.122. The molecule has 0 bridgehead atoms. The van der Waals surface area contributed by atoms with Gasteiger partial charge in [0.05, 0.1) is 5.75 Å². The molecule has 1 rings (SSSR count). The highest BCUT2D eigenvalue weighted by Crippen LogP contribution is 2.12. The molecule has 0 aliphatic carbocycles. The van der Waals surface area contributed by atoms with E-state index < -0.39 is 15.9 Å². The first-order chi connectivity index (χ1) is 8.37. The summed E-state index contributed by atoms with van der Waals surface area (Å²) in [7, 11) is -3.56. The van der Waals surface area contributed by atoms with Crippen molar-refractivity contribution in [1.29, 1.82) is 0 Å². The molecule has 0 spiro atoms. The Kier molecular flexibility index (Phi) is 4.93. The summed E-state index contributed by atoms with van der Waals surface area (Å²) in [4.78, 5) is 11.3. The van der Waals surface area contributed by atoms with Crippen molar-refractivity contribution in [1.82, 2.24) is 5.32 Å². The molecular weight excluding hydrogens is 258 g/mol. The summed E-state index contributed by atoms with van der Waals surface area (Å²) in [5, 5.41) is 7.15. The Labute approximate surface area is 105 Å². The molecule has 0 fully saturated rings. The highest BCUT2D eigenvalue weighted by atomic mass is 32.2. The minimum atomic E-state index is -3.56. The first-order valence-electron chi connectivity index (χ1n) is 5.12. The van der Waals surface area contributed by atoms with Crippen LogP contribution in [0.3, 0.4) is 0 Å². The second kappa shape index (κ2) is 6.22. The SMILES string of the molecule is Nc1ccc(OCC(=O)NCCS(N)(=O)=O)cc1. The van der Waals surface area contributed by atoms with Crippen molar-refractivity contribution in [2.75, 3.05) is 24.6 Å². The Bertz CT molecular complexity index is 498. The first-order valence-corrected chi connectivity index (χ1v) is 6.84. The lowest BCUT2D eigenvalue weighted by Crippen LogP contribution is -2.34. The van der Waals surface area contributed by atoms with Gasteiger partial charge in [0.1, 0.15) is 5.75 Å². The van der Waals surface area contributed by atoms with E-state index in [-0.39, 0.29) is 18.9 Å². The number of benzene rings is 1. The maximum Gasteiger partial charge on any atom is 0.257 e. The number of nitrogen functional groups attached to an aromatic ring is 1. The number of ether oxygens (including phenoxy) is 1. The fourth-order valence-corrected chi connectivity index (χ4v) is 1.48. The van der Waals surface area contributed by atoms with Crippen molar-refractivity contribution in [3.05, 3.63) is 24.3 Å². The summed E-state index contributed by atoms with van der Waals surface area (Å²) in [6, 6.07) is 6.56. The fraction of sp³-hybridized carbons (Fsp3) is 0.300. The van der Waals surface area contributed by atoms with Gasteiger partial charge in [0.15, 0.2) is 6.61 Å². The Morgan fingerprint density at radius 1 is 1.28 bits per heavy atom. The van der Waals surface area contributed by atoms with Gasteiger partial charge in [-0.2, -0.15) is 0 Å². The molecule has 0 saturated carbocycles. The van der Waals surface area contributed by atoms with E-state index in [4.69, 9.17) is 15.6 Å². The van der Waals surface area contributed by atoms with Crippen LogP contribution in [0.15, 0.2) is 24.3 Å². The van der Waals surface area contributed by atoms with E-state index in [0.717, 1.165) is 0 Å². The van der Waals surface area contributed by atoms with Gasteiger partial charge < -0.3 is 15.8 Å². The summed E-state index contributed by atoms with van der Waals surface area (Å²) >= 11 is 0. The minimum absolute atomic E-state index is 0.0389. The third kappa shape index (κ3) is 6.06. The van der Waals surface area contributed by atoms with E-state index in [1.54, 1.807) is 24.3 Å². The van der Waals surface area contributed by atoms with Crippen molar-refractivity contribution in [2.24, 2.45) is 5.14 Å². The van der Waals surface area contributed by atoms with Crippen LogP contribution in [-0.2, 0) is 14.8 Å². The summed E-state index contributed by atoms with van der Waals surface area (Å²) in [5.74, 6) is -0.220. The van der Waals surface area contributed by atoms with Gasteiger partial charge in [-0.15, -0.1) is 0 Å². The average Bonchev–Trinajstić information content (AvgIpc) is 2.26. The van der Waals surface area contributed by atoms with E-state index in [1.807, 2.05) is 0 Å². The predicted molar refractivity (Wildman–Crippen MR) is 67.3 cm³/mol. The summed E-state index contributed by atoms with van der Waals surface area (Å²) in [6.45, 7) is -0.239. The molecule has 1 amide bonds. The van der Waals surface area contributed by atoms with Gasteiger partial charge >= 0.3 is 0 Å².